The van der Waals surface area contributed by atoms with Crippen LogP contribution in [0.3, 0.4) is 0 Å². The lowest BCUT2D eigenvalue weighted by atomic mass is 9.99. The fraction of sp³-hybridized carbons (Fsp3) is 0.925. The maximum absolute atomic E-state index is 12.8. The third-order valence-corrected chi connectivity index (χ3v) is 12.7. The molecule has 0 radical (unpaired) electrons. The van der Waals surface area contributed by atoms with Gasteiger partial charge in [0.2, 0.25) is 0 Å². The number of hydrogen-bond donors (Lipinski definition) is 4. The zero-order chi connectivity index (χ0) is 45.9. The van der Waals surface area contributed by atoms with E-state index in [-0.39, 0.29) is 32.0 Å². The van der Waals surface area contributed by atoms with Crippen molar-refractivity contribution in [1.29, 1.82) is 0 Å². The van der Waals surface area contributed by atoms with Gasteiger partial charge in [-0.25, -0.2) is 0 Å². The van der Waals surface area contributed by atoms with Crippen molar-refractivity contribution in [2.24, 2.45) is 0 Å². The highest BCUT2D eigenvalue weighted by Crippen LogP contribution is 2.23. The van der Waals surface area contributed by atoms with Gasteiger partial charge < -0.3 is 39.4 Å². The second kappa shape index (κ2) is 44.3. The zero-order valence-electron chi connectivity index (χ0n) is 40.8. The quantitative estimate of drug-likeness (QED) is 0.0264. The van der Waals surface area contributed by atoms with Crippen LogP contribution in [0.5, 0.6) is 0 Å². The Labute approximate surface area is 386 Å². The summed E-state index contributed by atoms with van der Waals surface area (Å²) in [5.74, 6) is -0.790. The Morgan fingerprint density at radius 1 is 0.476 bits per heavy atom. The van der Waals surface area contributed by atoms with Gasteiger partial charge in [0, 0.05) is 12.8 Å². The number of ether oxygens (including phenoxy) is 4. The van der Waals surface area contributed by atoms with Crippen molar-refractivity contribution < 1.29 is 49.0 Å². The van der Waals surface area contributed by atoms with Gasteiger partial charge in [-0.1, -0.05) is 219 Å². The van der Waals surface area contributed by atoms with Crippen molar-refractivity contribution >= 4 is 11.9 Å². The summed E-state index contributed by atoms with van der Waals surface area (Å²) in [6.45, 7) is 3.47. The summed E-state index contributed by atoms with van der Waals surface area (Å²) in [6.07, 6.45) is 42.2. The Balaban J connectivity index is 2.22. The maximum atomic E-state index is 12.8. The number of esters is 2. The van der Waals surface area contributed by atoms with Crippen molar-refractivity contribution in [2.45, 2.75) is 295 Å². The van der Waals surface area contributed by atoms with Crippen LogP contribution in [0, 0.1) is 0 Å². The lowest BCUT2D eigenvalue weighted by molar-refractivity contribution is -0.305. The number of rotatable bonds is 46. The molecule has 6 atom stereocenters. The SMILES string of the molecule is CCCCCCCC/C=C/CCCCCCCCCCCCCC(=O)OC[C@@H](CO[C@H]1O[C@@H](CO)[C@@H](O)C(O)C1O)OC(=O)CCCCCCCCCCCCCCCCCCC. The van der Waals surface area contributed by atoms with E-state index in [4.69, 9.17) is 18.9 Å². The fourth-order valence-electron chi connectivity index (χ4n) is 8.42. The molecule has 10 nitrogen and oxygen atoms in total. The molecule has 1 fully saturated rings. The molecule has 372 valence electrons. The molecule has 0 aliphatic carbocycles. The summed E-state index contributed by atoms with van der Waals surface area (Å²) in [6, 6.07) is 0. The van der Waals surface area contributed by atoms with Gasteiger partial charge >= 0.3 is 11.9 Å². The van der Waals surface area contributed by atoms with Crippen LogP contribution in [-0.4, -0.2) is 89.0 Å². The summed E-state index contributed by atoms with van der Waals surface area (Å²) >= 11 is 0. The molecule has 1 aliphatic heterocycles. The first-order chi connectivity index (χ1) is 30.8. The Kier molecular flexibility index (Phi) is 41.8. The van der Waals surface area contributed by atoms with E-state index in [1.807, 2.05) is 0 Å². The third kappa shape index (κ3) is 35.3. The van der Waals surface area contributed by atoms with Gasteiger partial charge in [0.15, 0.2) is 12.4 Å². The lowest BCUT2D eigenvalue weighted by Crippen LogP contribution is -2.59. The van der Waals surface area contributed by atoms with E-state index in [1.54, 1.807) is 0 Å². The molecule has 63 heavy (non-hydrogen) atoms. The third-order valence-electron chi connectivity index (χ3n) is 12.7. The molecule has 0 aromatic rings. The number of unbranched alkanes of at least 4 members (excludes halogenated alkanes) is 33. The van der Waals surface area contributed by atoms with E-state index in [9.17, 15) is 30.0 Å². The van der Waals surface area contributed by atoms with Crippen LogP contribution in [0.15, 0.2) is 12.2 Å². The van der Waals surface area contributed by atoms with Crippen LogP contribution in [0.1, 0.15) is 258 Å². The van der Waals surface area contributed by atoms with Crippen molar-refractivity contribution in [3.8, 4) is 0 Å². The van der Waals surface area contributed by atoms with Crippen LogP contribution in [-0.2, 0) is 28.5 Å². The molecule has 0 aromatic heterocycles. The zero-order valence-corrected chi connectivity index (χ0v) is 40.8. The topological polar surface area (TPSA) is 152 Å². The van der Waals surface area contributed by atoms with Crippen molar-refractivity contribution in [3.63, 3.8) is 0 Å². The molecular formula is C53H100O10. The van der Waals surface area contributed by atoms with Crippen LogP contribution in [0.2, 0.25) is 0 Å². The standard InChI is InChI=1S/C53H100O10/c1-3-5-7-9-11-13-15-17-19-21-22-23-24-26-27-29-31-33-35-37-39-41-48(55)60-44-46(45-61-53-52(59)51(58)50(57)47(43-54)63-53)62-49(56)42-40-38-36-34-32-30-28-25-20-18-16-14-12-10-8-6-4-2/h17,19,46-47,50-54,57-59H,3-16,18,20-45H2,1-2H3/b19-17+/t46-,47-,50+,51?,52?,53-/m0/s1. The summed E-state index contributed by atoms with van der Waals surface area (Å²) in [4.78, 5) is 25.5. The highest BCUT2D eigenvalue weighted by molar-refractivity contribution is 5.70. The maximum Gasteiger partial charge on any atom is 0.306 e. The van der Waals surface area contributed by atoms with Gasteiger partial charge in [0.1, 0.15) is 31.0 Å². The first kappa shape index (κ1) is 59.5. The molecule has 0 bridgehead atoms. The number of aliphatic hydroxyl groups excluding tert-OH is 4. The smallest absolute Gasteiger partial charge is 0.306 e. The number of allylic oxidation sites excluding steroid dienone is 2. The minimum Gasteiger partial charge on any atom is -0.462 e. The summed E-state index contributed by atoms with van der Waals surface area (Å²) < 4.78 is 22.3. The number of aliphatic hydroxyl groups is 4. The Hall–Kier alpha value is -1.56. The minimum atomic E-state index is -1.59. The van der Waals surface area contributed by atoms with Crippen LogP contribution in [0.4, 0.5) is 0 Å². The van der Waals surface area contributed by atoms with Crippen LogP contribution in [0.25, 0.3) is 0 Å². The predicted octanol–water partition coefficient (Wildman–Crippen LogP) is 12.7. The Morgan fingerprint density at radius 2 is 0.841 bits per heavy atom. The van der Waals surface area contributed by atoms with E-state index in [0.29, 0.717) is 6.42 Å². The number of hydrogen-bond acceptors (Lipinski definition) is 10. The van der Waals surface area contributed by atoms with Gasteiger partial charge in [0.05, 0.1) is 13.2 Å². The molecule has 1 aliphatic rings. The van der Waals surface area contributed by atoms with Gasteiger partial charge in [-0.2, -0.15) is 0 Å². The fourth-order valence-corrected chi connectivity index (χ4v) is 8.42. The van der Waals surface area contributed by atoms with Crippen molar-refractivity contribution in [1.82, 2.24) is 0 Å². The minimum absolute atomic E-state index is 0.211. The average Bonchev–Trinajstić information content (AvgIpc) is 3.28. The molecule has 2 unspecified atom stereocenters. The van der Waals surface area contributed by atoms with Gasteiger partial charge in [-0.15, -0.1) is 0 Å². The molecule has 0 aromatic carbocycles. The van der Waals surface area contributed by atoms with Gasteiger partial charge in [-0.05, 0) is 38.5 Å². The monoisotopic (exact) mass is 897 g/mol. The molecule has 0 spiro atoms. The molecular weight excluding hydrogens is 797 g/mol. The highest BCUT2D eigenvalue weighted by atomic mass is 16.7. The van der Waals surface area contributed by atoms with Gasteiger partial charge in [0.25, 0.3) is 0 Å². The second-order valence-corrected chi connectivity index (χ2v) is 18.7. The van der Waals surface area contributed by atoms with E-state index in [2.05, 4.69) is 26.0 Å². The van der Waals surface area contributed by atoms with E-state index in [1.165, 1.54) is 186 Å². The number of carbonyl (C=O) groups is 2. The van der Waals surface area contributed by atoms with Gasteiger partial charge in [-0.3, -0.25) is 9.59 Å². The van der Waals surface area contributed by atoms with E-state index < -0.39 is 49.4 Å². The Bertz CT molecular complexity index is 1040. The molecule has 1 saturated heterocycles. The molecule has 0 saturated carbocycles. The molecule has 1 rings (SSSR count). The molecule has 0 amide bonds. The van der Waals surface area contributed by atoms with E-state index >= 15 is 0 Å². The molecule has 4 N–H and O–H groups in total. The normalized spacial score (nSPS) is 19.5. The largest absolute Gasteiger partial charge is 0.462 e. The highest BCUT2D eigenvalue weighted by Gasteiger charge is 2.44. The van der Waals surface area contributed by atoms with E-state index in [0.717, 1.165) is 38.5 Å². The van der Waals surface area contributed by atoms with Crippen molar-refractivity contribution in [3.05, 3.63) is 12.2 Å². The van der Waals surface area contributed by atoms with Crippen LogP contribution >= 0.6 is 0 Å². The average molecular weight is 897 g/mol. The molecule has 1 heterocycles. The summed E-state index contributed by atoms with van der Waals surface area (Å²) in [5.41, 5.74) is 0. The van der Waals surface area contributed by atoms with Crippen LogP contribution < -0.4 is 0 Å². The van der Waals surface area contributed by atoms with Crippen molar-refractivity contribution in [2.75, 3.05) is 19.8 Å². The number of carbonyl (C=O) groups excluding carboxylic acids is 2. The second-order valence-electron chi connectivity index (χ2n) is 18.7. The predicted molar refractivity (Wildman–Crippen MR) is 256 cm³/mol. The lowest BCUT2D eigenvalue weighted by Gasteiger charge is -2.39. The summed E-state index contributed by atoms with van der Waals surface area (Å²) in [5, 5.41) is 40.2. The Morgan fingerprint density at radius 3 is 1.24 bits per heavy atom. The molecule has 10 heteroatoms. The summed E-state index contributed by atoms with van der Waals surface area (Å²) in [7, 11) is 0. The first-order valence-corrected chi connectivity index (χ1v) is 26.8. The first-order valence-electron chi connectivity index (χ1n) is 26.8.